The van der Waals surface area contributed by atoms with Gasteiger partial charge in [0.1, 0.15) is 0 Å². The molecule has 2 radical (unpaired) electrons. The highest BCUT2D eigenvalue weighted by molar-refractivity contribution is 8.13. The average molecular weight is 398 g/mol. The summed E-state index contributed by atoms with van der Waals surface area (Å²) >= 11 is 0.900. The fourth-order valence-corrected chi connectivity index (χ4v) is 2.98. The van der Waals surface area contributed by atoms with E-state index in [4.69, 9.17) is 13.0 Å². The maximum absolute atomic E-state index is 12.8. The van der Waals surface area contributed by atoms with E-state index in [-0.39, 0.29) is 35.8 Å². The Morgan fingerprint density at radius 3 is 2.00 bits per heavy atom. The van der Waals surface area contributed by atoms with Crippen molar-refractivity contribution in [2.24, 2.45) is 5.41 Å². The first-order valence-corrected chi connectivity index (χ1v) is 9.86. The molecule has 2 atom stereocenters. The van der Waals surface area contributed by atoms with Crippen LogP contribution in [0.2, 0.25) is 6.32 Å². The van der Waals surface area contributed by atoms with Crippen LogP contribution in [0.4, 0.5) is 0 Å². The normalized spacial score (nSPS) is 14.3. The Hall–Kier alpha value is -1.35. The molecule has 0 aliphatic heterocycles. The molecule has 0 heterocycles. The van der Waals surface area contributed by atoms with Crippen LogP contribution in [-0.4, -0.2) is 59.1 Å². The maximum Gasteiger partial charge on any atom is 0.303 e. The summed E-state index contributed by atoms with van der Waals surface area (Å²) in [5.41, 5.74) is -1.13. The fourth-order valence-electron chi connectivity index (χ4n) is 2.27. The monoisotopic (exact) mass is 398 g/mol. The van der Waals surface area contributed by atoms with Crippen LogP contribution in [0.5, 0.6) is 0 Å². The molecule has 0 aromatic rings. The van der Waals surface area contributed by atoms with E-state index in [1.807, 2.05) is 20.8 Å². The van der Waals surface area contributed by atoms with E-state index in [1.165, 1.54) is 0 Å². The van der Waals surface area contributed by atoms with Crippen molar-refractivity contribution in [3.63, 3.8) is 0 Å². The SMILES string of the molecule is [B]CC(=O)SC[C@H](NC(=O)C(CCC(=O)O)NC(C)(C)C)C(=O)C(C)(C)C. The van der Waals surface area contributed by atoms with Crippen LogP contribution in [0.1, 0.15) is 54.4 Å². The van der Waals surface area contributed by atoms with Crippen molar-refractivity contribution >= 4 is 42.4 Å². The lowest BCUT2D eigenvalue weighted by Crippen LogP contribution is -2.56. The number of hydrogen-bond acceptors (Lipinski definition) is 6. The number of carbonyl (C=O) groups excluding carboxylic acids is 3. The van der Waals surface area contributed by atoms with Crippen molar-refractivity contribution in [1.82, 2.24) is 10.6 Å². The van der Waals surface area contributed by atoms with Gasteiger partial charge in [0.05, 0.1) is 19.9 Å². The second kappa shape index (κ2) is 10.9. The highest BCUT2D eigenvalue weighted by Gasteiger charge is 2.33. The van der Waals surface area contributed by atoms with Gasteiger partial charge in [0.25, 0.3) is 0 Å². The van der Waals surface area contributed by atoms with Gasteiger partial charge in [0.15, 0.2) is 10.9 Å². The third-order valence-electron chi connectivity index (χ3n) is 3.52. The maximum atomic E-state index is 12.8. The minimum atomic E-state index is -1.00. The number of hydrogen-bond donors (Lipinski definition) is 3. The summed E-state index contributed by atoms with van der Waals surface area (Å²) in [5.74, 6) is -1.59. The molecular formula is C18H31BN2O5S. The van der Waals surface area contributed by atoms with Crippen molar-refractivity contribution in [2.75, 3.05) is 5.75 Å². The van der Waals surface area contributed by atoms with E-state index in [0.717, 1.165) is 11.8 Å². The number of amides is 1. The molecule has 0 aliphatic carbocycles. The highest BCUT2D eigenvalue weighted by Crippen LogP contribution is 2.20. The van der Waals surface area contributed by atoms with Gasteiger partial charge in [0, 0.05) is 23.1 Å². The van der Waals surface area contributed by atoms with Crippen LogP contribution in [0.3, 0.4) is 0 Å². The molecule has 0 aromatic heterocycles. The van der Waals surface area contributed by atoms with Gasteiger partial charge in [-0.25, -0.2) is 0 Å². The van der Waals surface area contributed by atoms with Gasteiger partial charge in [-0.3, -0.25) is 19.2 Å². The molecule has 0 saturated carbocycles. The van der Waals surface area contributed by atoms with Gasteiger partial charge in [-0.2, -0.15) is 0 Å². The van der Waals surface area contributed by atoms with E-state index >= 15 is 0 Å². The molecule has 7 nitrogen and oxygen atoms in total. The summed E-state index contributed by atoms with van der Waals surface area (Å²) in [6.45, 7) is 10.8. The lowest BCUT2D eigenvalue weighted by atomic mass is 9.87. The Morgan fingerprint density at radius 1 is 1.04 bits per heavy atom. The number of nitrogens with one attached hydrogen (secondary N) is 2. The predicted octanol–water partition coefficient (Wildman–Crippen LogP) is 1.55. The molecule has 3 N–H and O–H groups in total. The number of carbonyl (C=O) groups is 4. The van der Waals surface area contributed by atoms with Gasteiger partial charge < -0.3 is 15.7 Å². The molecule has 0 aromatic carbocycles. The zero-order valence-electron chi connectivity index (χ0n) is 17.0. The third-order valence-corrected chi connectivity index (χ3v) is 4.51. The fraction of sp³-hybridized carbons (Fsp3) is 0.778. The molecule has 0 spiro atoms. The third kappa shape index (κ3) is 11.2. The number of Topliss-reactive ketones (excluding diaryl/α,β-unsaturated/α-hetero) is 1. The second-order valence-electron chi connectivity index (χ2n) is 8.44. The minimum Gasteiger partial charge on any atom is -0.481 e. The van der Waals surface area contributed by atoms with Gasteiger partial charge in [0.2, 0.25) is 5.91 Å². The first-order chi connectivity index (χ1) is 12.2. The summed E-state index contributed by atoms with van der Waals surface area (Å²) in [6.07, 6.45) is -0.245. The van der Waals surface area contributed by atoms with Gasteiger partial charge in [-0.15, -0.1) is 0 Å². The Morgan fingerprint density at radius 2 is 1.59 bits per heavy atom. The standard InChI is InChI=1S/C18H31BN2O5S/c1-17(2,3)15(25)12(10-27-14(24)9-19)20-16(26)11(7-8-13(22)23)21-18(4,5)6/h11-12,21H,7-10H2,1-6H3,(H,20,26)(H,22,23)/t11?,12-/m0/s1. The minimum absolute atomic E-state index is 0.0824. The summed E-state index contributed by atoms with van der Waals surface area (Å²) in [5, 5.41) is 14.4. The Bertz CT molecular complexity index is 555. The molecule has 0 aliphatic rings. The summed E-state index contributed by atoms with van der Waals surface area (Å²) in [7, 11) is 5.30. The van der Waals surface area contributed by atoms with Crippen LogP contribution < -0.4 is 10.6 Å². The lowest BCUT2D eigenvalue weighted by molar-refractivity contribution is -0.138. The predicted molar refractivity (Wildman–Crippen MR) is 108 cm³/mol. The first kappa shape index (κ1) is 25.7. The van der Waals surface area contributed by atoms with Crippen molar-refractivity contribution in [3.05, 3.63) is 0 Å². The number of carboxylic acid groups (broad SMARTS) is 1. The Labute approximate surface area is 167 Å². The van der Waals surface area contributed by atoms with Crippen molar-refractivity contribution < 1.29 is 24.3 Å². The van der Waals surface area contributed by atoms with E-state index < -0.39 is 34.9 Å². The molecule has 0 fully saturated rings. The smallest absolute Gasteiger partial charge is 0.303 e. The molecule has 0 bridgehead atoms. The van der Waals surface area contributed by atoms with Crippen molar-refractivity contribution in [3.8, 4) is 0 Å². The van der Waals surface area contributed by atoms with Crippen LogP contribution >= 0.6 is 11.8 Å². The van der Waals surface area contributed by atoms with Crippen molar-refractivity contribution in [1.29, 1.82) is 0 Å². The average Bonchev–Trinajstić information content (AvgIpc) is 2.51. The lowest BCUT2D eigenvalue weighted by Gasteiger charge is -2.30. The van der Waals surface area contributed by atoms with E-state index in [1.54, 1.807) is 20.8 Å². The molecule has 27 heavy (non-hydrogen) atoms. The van der Waals surface area contributed by atoms with E-state index in [9.17, 15) is 19.2 Å². The van der Waals surface area contributed by atoms with Crippen molar-refractivity contribution in [2.45, 2.75) is 78.3 Å². The number of thioether (sulfide) groups is 1. The van der Waals surface area contributed by atoms with Gasteiger partial charge in [-0.1, -0.05) is 32.5 Å². The number of aliphatic carboxylic acids is 1. The molecular weight excluding hydrogens is 367 g/mol. The summed E-state index contributed by atoms with van der Waals surface area (Å²) < 4.78 is 0. The molecule has 9 heteroatoms. The summed E-state index contributed by atoms with van der Waals surface area (Å²) in [6, 6.07) is -1.64. The molecule has 0 saturated heterocycles. The number of rotatable bonds is 10. The molecule has 1 unspecified atom stereocenters. The Kier molecular flexibility index (Phi) is 10.3. The van der Waals surface area contributed by atoms with Crippen LogP contribution in [0, 0.1) is 5.41 Å². The molecule has 1 amide bonds. The first-order valence-electron chi connectivity index (χ1n) is 8.87. The Balaban J connectivity index is 5.34. The van der Waals surface area contributed by atoms with E-state index in [2.05, 4.69) is 10.6 Å². The van der Waals surface area contributed by atoms with Crippen LogP contribution in [0.15, 0.2) is 0 Å². The van der Waals surface area contributed by atoms with Gasteiger partial charge >= 0.3 is 5.97 Å². The number of carboxylic acids is 1. The molecule has 152 valence electrons. The zero-order valence-corrected chi connectivity index (χ0v) is 17.9. The van der Waals surface area contributed by atoms with Crippen LogP contribution in [0.25, 0.3) is 0 Å². The second-order valence-corrected chi connectivity index (χ2v) is 9.52. The largest absolute Gasteiger partial charge is 0.481 e. The van der Waals surface area contributed by atoms with E-state index in [0.29, 0.717) is 0 Å². The zero-order chi connectivity index (χ0) is 21.4. The quantitative estimate of drug-likeness (QED) is 0.479. The number of ketones is 1. The topological polar surface area (TPSA) is 113 Å². The van der Waals surface area contributed by atoms with Gasteiger partial charge in [-0.05, 0) is 33.5 Å². The highest BCUT2D eigenvalue weighted by atomic mass is 32.2. The summed E-state index contributed by atoms with van der Waals surface area (Å²) in [4.78, 5) is 47.8. The van der Waals surface area contributed by atoms with Crippen LogP contribution in [-0.2, 0) is 19.2 Å². The molecule has 0 rings (SSSR count).